The van der Waals surface area contributed by atoms with Crippen molar-refractivity contribution in [3.8, 4) is 5.75 Å². The van der Waals surface area contributed by atoms with Crippen LogP contribution in [0, 0.1) is 0 Å². The summed E-state index contributed by atoms with van der Waals surface area (Å²) in [6, 6.07) is 17.1. The molecule has 0 amide bonds. The summed E-state index contributed by atoms with van der Waals surface area (Å²) < 4.78 is 17.1. The maximum absolute atomic E-state index is 10.9. The lowest BCUT2D eigenvalue weighted by atomic mass is 9.91. The fraction of sp³-hybridized carbons (Fsp3) is 0.455. The van der Waals surface area contributed by atoms with Crippen molar-refractivity contribution in [3.05, 3.63) is 65.7 Å². The number of rotatable bonds is 9. The van der Waals surface area contributed by atoms with E-state index in [0.29, 0.717) is 24.5 Å². The number of aliphatic hydroxyl groups excluding tert-OH is 1. The molecule has 2 N–H and O–H groups in total. The molecule has 1 fully saturated rings. The molecule has 0 radical (unpaired) electrons. The minimum Gasteiger partial charge on any atom is -0.489 e. The van der Waals surface area contributed by atoms with Crippen LogP contribution in [0.15, 0.2) is 54.6 Å². The van der Waals surface area contributed by atoms with E-state index in [-0.39, 0.29) is 19.3 Å². The highest BCUT2D eigenvalue weighted by molar-refractivity contribution is 5.33. The molecule has 1 saturated heterocycles. The molecule has 0 spiro atoms. The predicted molar refractivity (Wildman–Crippen MR) is 102 cm³/mol. The van der Waals surface area contributed by atoms with Crippen LogP contribution in [-0.2, 0) is 21.7 Å². The number of ether oxygens (including phenoxy) is 3. The summed E-state index contributed by atoms with van der Waals surface area (Å²) >= 11 is 0. The summed E-state index contributed by atoms with van der Waals surface area (Å²) in [5.41, 5.74) is 0.311. The molecular weight excluding hydrogens is 344 g/mol. The molecule has 0 aromatic heterocycles. The fourth-order valence-electron chi connectivity index (χ4n) is 3.13. The topological polar surface area (TPSA) is 68.2 Å². The van der Waals surface area contributed by atoms with E-state index in [1.54, 1.807) is 12.1 Å². The molecule has 2 atom stereocenters. The first kappa shape index (κ1) is 19.8. The summed E-state index contributed by atoms with van der Waals surface area (Å²) in [5.74, 6) is 0.653. The molecule has 2 aromatic carbocycles. The Balaban J connectivity index is 1.58. The Bertz CT molecular complexity index is 684. The van der Waals surface area contributed by atoms with Gasteiger partial charge in [-0.15, -0.1) is 0 Å². The molecular formula is C22H28O5. The van der Waals surface area contributed by atoms with Crippen LogP contribution in [0.3, 0.4) is 0 Å². The van der Waals surface area contributed by atoms with Crippen LogP contribution >= 0.6 is 0 Å². The van der Waals surface area contributed by atoms with Crippen LogP contribution in [0.1, 0.15) is 36.8 Å². The van der Waals surface area contributed by atoms with Gasteiger partial charge in [-0.25, -0.2) is 0 Å². The monoisotopic (exact) mass is 372 g/mol. The highest BCUT2D eigenvalue weighted by Gasteiger charge is 2.29. The van der Waals surface area contributed by atoms with Crippen LogP contribution in [0.4, 0.5) is 0 Å². The van der Waals surface area contributed by atoms with E-state index >= 15 is 0 Å². The second-order valence-electron chi connectivity index (χ2n) is 6.91. The lowest BCUT2D eigenvalue weighted by molar-refractivity contribution is -0.172. The van der Waals surface area contributed by atoms with Gasteiger partial charge in [0.25, 0.3) is 0 Å². The van der Waals surface area contributed by atoms with E-state index in [2.05, 4.69) is 0 Å². The van der Waals surface area contributed by atoms with Gasteiger partial charge in [0.05, 0.1) is 13.2 Å². The summed E-state index contributed by atoms with van der Waals surface area (Å²) in [5, 5.41) is 20.7. The molecule has 1 aliphatic heterocycles. The van der Waals surface area contributed by atoms with E-state index in [4.69, 9.17) is 14.2 Å². The van der Waals surface area contributed by atoms with Crippen molar-refractivity contribution in [2.24, 2.45) is 0 Å². The van der Waals surface area contributed by atoms with E-state index in [9.17, 15) is 10.2 Å². The molecule has 0 bridgehead atoms. The number of aliphatic hydroxyl groups is 2. The Morgan fingerprint density at radius 3 is 2.67 bits per heavy atom. The zero-order valence-corrected chi connectivity index (χ0v) is 15.5. The zero-order valence-electron chi connectivity index (χ0n) is 15.5. The van der Waals surface area contributed by atoms with Gasteiger partial charge in [0.2, 0.25) is 0 Å². The lowest BCUT2D eigenvalue weighted by Gasteiger charge is -2.29. The molecule has 5 heteroatoms. The zero-order chi connectivity index (χ0) is 19.0. The summed E-state index contributed by atoms with van der Waals surface area (Å²) in [4.78, 5) is 0. The van der Waals surface area contributed by atoms with Crippen LogP contribution in [0.25, 0.3) is 0 Å². The van der Waals surface area contributed by atoms with Gasteiger partial charge in [-0.3, -0.25) is 0 Å². The Hall–Kier alpha value is -1.92. The molecule has 2 unspecified atom stereocenters. The summed E-state index contributed by atoms with van der Waals surface area (Å²) in [6.45, 7) is 1.10. The van der Waals surface area contributed by atoms with Crippen LogP contribution < -0.4 is 4.74 Å². The molecule has 3 rings (SSSR count). The Morgan fingerprint density at radius 2 is 1.93 bits per heavy atom. The first-order valence-corrected chi connectivity index (χ1v) is 9.53. The molecule has 1 aliphatic rings. The average molecular weight is 372 g/mol. The largest absolute Gasteiger partial charge is 0.489 e. The van der Waals surface area contributed by atoms with E-state index < -0.39 is 5.60 Å². The third-order valence-electron chi connectivity index (χ3n) is 4.84. The predicted octanol–water partition coefficient (Wildman–Crippen LogP) is 3.38. The van der Waals surface area contributed by atoms with Gasteiger partial charge >= 0.3 is 0 Å². The van der Waals surface area contributed by atoms with Gasteiger partial charge in [0, 0.05) is 13.0 Å². The number of hydrogen-bond donors (Lipinski definition) is 2. The van der Waals surface area contributed by atoms with Gasteiger partial charge in [-0.05, 0) is 42.5 Å². The average Bonchev–Trinajstić information content (AvgIpc) is 2.74. The molecule has 1 heterocycles. The second-order valence-corrected chi connectivity index (χ2v) is 6.91. The first-order valence-electron chi connectivity index (χ1n) is 9.53. The SMILES string of the molecule is OCC(O)(CCOC1CCCCO1)c1cccc(OCc2ccccc2)c1. The van der Waals surface area contributed by atoms with Crippen LogP contribution in [0.5, 0.6) is 5.75 Å². The van der Waals surface area contributed by atoms with Crippen molar-refractivity contribution in [3.63, 3.8) is 0 Å². The Kier molecular flexibility index (Phi) is 7.24. The van der Waals surface area contributed by atoms with E-state index in [1.165, 1.54) is 0 Å². The van der Waals surface area contributed by atoms with Crippen molar-refractivity contribution >= 4 is 0 Å². The molecule has 0 aliphatic carbocycles. The third-order valence-corrected chi connectivity index (χ3v) is 4.84. The van der Waals surface area contributed by atoms with Gasteiger partial charge in [0.1, 0.15) is 18.0 Å². The molecule has 0 saturated carbocycles. The summed E-state index contributed by atoms with van der Waals surface area (Å²) in [6.07, 6.45) is 3.11. The normalized spacial score (nSPS) is 19.4. The van der Waals surface area contributed by atoms with Crippen molar-refractivity contribution in [2.45, 2.75) is 44.2 Å². The van der Waals surface area contributed by atoms with Crippen LogP contribution in [-0.4, -0.2) is 36.3 Å². The minimum atomic E-state index is -1.37. The fourth-order valence-corrected chi connectivity index (χ4v) is 3.13. The van der Waals surface area contributed by atoms with Crippen LogP contribution in [0.2, 0.25) is 0 Å². The van der Waals surface area contributed by atoms with Crippen molar-refractivity contribution in [1.82, 2.24) is 0 Å². The van der Waals surface area contributed by atoms with Gasteiger partial charge in [-0.1, -0.05) is 42.5 Å². The highest BCUT2D eigenvalue weighted by Crippen LogP contribution is 2.28. The maximum atomic E-state index is 10.9. The maximum Gasteiger partial charge on any atom is 0.157 e. The molecule has 146 valence electrons. The minimum absolute atomic E-state index is 0.206. The number of benzene rings is 2. The molecule has 27 heavy (non-hydrogen) atoms. The third kappa shape index (κ3) is 5.78. The van der Waals surface area contributed by atoms with Crippen molar-refractivity contribution < 1.29 is 24.4 Å². The Labute approximate surface area is 160 Å². The standard InChI is InChI=1S/C22H28O5/c23-17-22(24,12-14-26-21-11-4-5-13-25-21)19-9-6-10-20(15-19)27-16-18-7-2-1-3-8-18/h1-3,6-10,15,21,23-24H,4-5,11-14,16-17H2. The first-order chi connectivity index (χ1) is 13.2. The van der Waals surface area contributed by atoms with Gasteiger partial charge in [0.15, 0.2) is 6.29 Å². The van der Waals surface area contributed by atoms with E-state index in [1.807, 2.05) is 42.5 Å². The molecule has 2 aromatic rings. The van der Waals surface area contributed by atoms with Gasteiger partial charge in [-0.2, -0.15) is 0 Å². The second kappa shape index (κ2) is 9.85. The number of hydrogen-bond acceptors (Lipinski definition) is 5. The van der Waals surface area contributed by atoms with Crippen molar-refractivity contribution in [2.75, 3.05) is 19.8 Å². The Morgan fingerprint density at radius 1 is 1.07 bits per heavy atom. The smallest absolute Gasteiger partial charge is 0.157 e. The van der Waals surface area contributed by atoms with E-state index in [0.717, 1.165) is 31.4 Å². The highest BCUT2D eigenvalue weighted by atomic mass is 16.7. The lowest BCUT2D eigenvalue weighted by Crippen LogP contribution is -2.33. The van der Waals surface area contributed by atoms with Crippen molar-refractivity contribution in [1.29, 1.82) is 0 Å². The van der Waals surface area contributed by atoms with Gasteiger partial charge < -0.3 is 24.4 Å². The summed E-state index contributed by atoms with van der Waals surface area (Å²) in [7, 11) is 0. The quantitative estimate of drug-likeness (QED) is 0.706. The molecule has 5 nitrogen and oxygen atoms in total.